The highest BCUT2D eigenvalue weighted by Crippen LogP contribution is 1.66. The first-order valence-corrected chi connectivity index (χ1v) is 3.02. The molecule has 0 aromatic carbocycles. The van der Waals surface area contributed by atoms with Gasteiger partial charge in [-0.15, -0.1) is 0 Å². The van der Waals surface area contributed by atoms with E-state index in [1.165, 1.54) is 6.08 Å². The van der Waals surface area contributed by atoms with Crippen LogP contribution in [0.2, 0.25) is 0 Å². The summed E-state index contributed by atoms with van der Waals surface area (Å²) < 4.78 is 19.2. The third-order valence-corrected chi connectivity index (χ3v) is 0.743. The van der Waals surface area contributed by atoms with E-state index in [0.29, 0.717) is 6.42 Å². The van der Waals surface area contributed by atoms with Gasteiger partial charge < -0.3 is 0 Å². The monoisotopic (exact) mass is 118 g/mol. The Morgan fingerprint density at radius 1 is 1.71 bits per heavy atom. The van der Waals surface area contributed by atoms with E-state index in [0.717, 1.165) is 0 Å². The molecule has 0 spiro atoms. The summed E-state index contributed by atoms with van der Waals surface area (Å²) in [6.45, 7) is 1.85. The molecule has 0 heterocycles. The lowest BCUT2D eigenvalue weighted by atomic mass is 10.5. The van der Waals surface area contributed by atoms with E-state index < -0.39 is 10.3 Å². The first-order valence-electron chi connectivity index (χ1n) is 1.94. The van der Waals surface area contributed by atoms with Crippen LogP contribution in [-0.2, 0) is 10.3 Å². The van der Waals surface area contributed by atoms with Crippen LogP contribution in [0.1, 0.15) is 13.3 Å². The third kappa shape index (κ3) is 5.47. The summed E-state index contributed by atoms with van der Waals surface area (Å²) in [5.41, 5.74) is 0. The number of rotatable bonds is 1. The van der Waals surface area contributed by atoms with Crippen LogP contribution in [0.3, 0.4) is 0 Å². The summed E-state index contributed by atoms with van der Waals surface area (Å²) in [4.78, 5) is 0. The summed E-state index contributed by atoms with van der Waals surface area (Å²) >= 11 is 0. The summed E-state index contributed by atoms with van der Waals surface area (Å²) in [6, 6.07) is 0. The minimum Gasteiger partial charge on any atom is -0.176 e. The van der Waals surface area contributed by atoms with Crippen molar-refractivity contribution in [2.24, 2.45) is 0 Å². The van der Waals surface area contributed by atoms with Gasteiger partial charge in [-0.05, 0) is 12.5 Å². The molecule has 0 amide bonds. The van der Waals surface area contributed by atoms with Crippen LogP contribution in [0, 0.1) is 0 Å². The van der Waals surface area contributed by atoms with E-state index in [1.807, 2.05) is 6.92 Å². The second-order valence-corrected chi connectivity index (χ2v) is 1.67. The normalized spacial score (nSPS) is 7.00. The summed E-state index contributed by atoms with van der Waals surface area (Å²) in [7, 11) is -2.12. The van der Waals surface area contributed by atoms with E-state index in [2.05, 4.69) is 5.02 Å². The smallest absolute Gasteiger partial charge is 0.176 e. The molecule has 0 saturated carbocycles. The molecule has 0 saturated heterocycles. The predicted octanol–water partition coefficient (Wildman–Crippen LogP) is 0.233. The lowest BCUT2D eigenvalue weighted by Gasteiger charge is -1.58. The van der Waals surface area contributed by atoms with Gasteiger partial charge in [0.15, 0.2) is 0 Å². The Morgan fingerprint density at radius 3 is 2.43 bits per heavy atom. The number of hydrogen-bond donors (Lipinski definition) is 0. The highest BCUT2D eigenvalue weighted by atomic mass is 32.2. The van der Waals surface area contributed by atoms with Crippen molar-refractivity contribution in [3.63, 3.8) is 0 Å². The van der Waals surface area contributed by atoms with Crippen LogP contribution in [0.25, 0.3) is 0 Å². The van der Waals surface area contributed by atoms with Crippen LogP contribution in [0.15, 0.2) is 6.08 Å². The zero-order chi connectivity index (χ0) is 5.70. The van der Waals surface area contributed by atoms with Crippen molar-refractivity contribution in [1.82, 2.24) is 0 Å². The quantitative estimate of drug-likeness (QED) is 0.462. The van der Waals surface area contributed by atoms with Crippen molar-refractivity contribution in [1.29, 1.82) is 0 Å². The largest absolute Gasteiger partial charge is 0.259 e. The SMILES string of the molecule is CCC=C=S(=O)=O. The molecule has 0 unspecified atom stereocenters. The van der Waals surface area contributed by atoms with Crippen molar-refractivity contribution >= 4 is 15.3 Å². The molecule has 0 rings (SSSR count). The molecule has 7 heavy (non-hydrogen) atoms. The van der Waals surface area contributed by atoms with Gasteiger partial charge in [0.1, 0.15) is 0 Å². The van der Waals surface area contributed by atoms with Crippen molar-refractivity contribution < 1.29 is 8.42 Å². The Bertz CT molecular complexity index is 174. The molecule has 0 aromatic heterocycles. The topological polar surface area (TPSA) is 34.1 Å². The van der Waals surface area contributed by atoms with Crippen molar-refractivity contribution in [2.45, 2.75) is 13.3 Å². The first-order chi connectivity index (χ1) is 3.27. The number of hydrogen-bond acceptors (Lipinski definition) is 2. The van der Waals surface area contributed by atoms with E-state index in [9.17, 15) is 8.42 Å². The summed E-state index contributed by atoms with van der Waals surface area (Å²) in [5, 5.41) is 2.09. The van der Waals surface area contributed by atoms with Gasteiger partial charge in [-0.25, -0.2) is 0 Å². The lowest BCUT2D eigenvalue weighted by Crippen LogP contribution is -1.56. The Kier molecular flexibility index (Phi) is 3.38. The Morgan fingerprint density at radius 2 is 2.29 bits per heavy atom. The minimum absolute atomic E-state index is 0.716. The fourth-order valence-electron chi connectivity index (χ4n) is 0.151. The molecule has 0 aromatic rings. The molecular formula is C4H6O2S. The maximum atomic E-state index is 9.62. The fraction of sp³-hybridized carbons (Fsp3) is 0.500. The zero-order valence-electron chi connectivity index (χ0n) is 4.01. The second-order valence-electron chi connectivity index (χ2n) is 0.965. The van der Waals surface area contributed by atoms with Gasteiger partial charge in [-0.2, -0.15) is 8.42 Å². The maximum absolute atomic E-state index is 9.62. The first kappa shape index (κ1) is 6.47. The van der Waals surface area contributed by atoms with Gasteiger partial charge in [0.25, 0.3) is 10.3 Å². The molecule has 40 valence electrons. The molecule has 3 heteroatoms. The van der Waals surface area contributed by atoms with E-state index in [-0.39, 0.29) is 0 Å². The average Bonchev–Trinajstić information content (AvgIpc) is 1.61. The molecule has 0 N–H and O–H groups in total. The Balaban J connectivity index is 4.19. The molecule has 0 radical (unpaired) electrons. The predicted molar refractivity (Wildman–Crippen MR) is 28.8 cm³/mol. The zero-order valence-corrected chi connectivity index (χ0v) is 4.83. The van der Waals surface area contributed by atoms with E-state index in [1.54, 1.807) is 0 Å². The summed E-state index contributed by atoms with van der Waals surface area (Å²) in [6.07, 6.45) is 2.18. The fourth-order valence-corrected chi connectivity index (χ4v) is 0.454. The molecular weight excluding hydrogens is 112 g/mol. The molecule has 0 bridgehead atoms. The van der Waals surface area contributed by atoms with Gasteiger partial charge in [0.05, 0.1) is 0 Å². The van der Waals surface area contributed by atoms with Crippen LogP contribution < -0.4 is 0 Å². The van der Waals surface area contributed by atoms with Gasteiger partial charge in [0.2, 0.25) is 0 Å². The molecule has 0 atom stereocenters. The average molecular weight is 118 g/mol. The van der Waals surface area contributed by atoms with Crippen molar-refractivity contribution in [2.75, 3.05) is 0 Å². The molecule has 0 aliphatic carbocycles. The highest BCUT2D eigenvalue weighted by Gasteiger charge is 1.57. The Labute approximate surface area is 44.0 Å². The maximum Gasteiger partial charge on any atom is 0.259 e. The minimum atomic E-state index is -2.12. The van der Waals surface area contributed by atoms with Crippen LogP contribution in [0.5, 0.6) is 0 Å². The molecule has 0 aliphatic heterocycles. The third-order valence-electron chi connectivity index (χ3n) is 0.384. The standard InChI is InChI=1S/C4H6O2S/c1-2-3-4-7(5)6/h3H,2H2,1H3. The van der Waals surface area contributed by atoms with Gasteiger partial charge in [-0.3, -0.25) is 0 Å². The van der Waals surface area contributed by atoms with Crippen LogP contribution in [0.4, 0.5) is 0 Å². The number of allylic oxidation sites excluding steroid dienone is 1. The van der Waals surface area contributed by atoms with Gasteiger partial charge in [-0.1, -0.05) is 6.92 Å². The summed E-state index contributed by atoms with van der Waals surface area (Å²) in [5.74, 6) is 0. The van der Waals surface area contributed by atoms with Crippen molar-refractivity contribution in [3.05, 3.63) is 6.08 Å². The highest BCUT2D eigenvalue weighted by molar-refractivity contribution is 7.70. The second kappa shape index (κ2) is 3.65. The Hall–Kier alpha value is -0.530. The van der Waals surface area contributed by atoms with E-state index >= 15 is 0 Å². The molecule has 0 aliphatic rings. The van der Waals surface area contributed by atoms with E-state index in [4.69, 9.17) is 0 Å². The lowest BCUT2D eigenvalue weighted by molar-refractivity contribution is 0.627. The van der Waals surface area contributed by atoms with Crippen LogP contribution >= 0.6 is 0 Å². The molecule has 2 nitrogen and oxygen atoms in total. The van der Waals surface area contributed by atoms with Gasteiger partial charge in [0, 0.05) is 5.02 Å². The van der Waals surface area contributed by atoms with Gasteiger partial charge >= 0.3 is 0 Å². The molecule has 0 fully saturated rings. The van der Waals surface area contributed by atoms with Crippen molar-refractivity contribution in [3.8, 4) is 0 Å². The van der Waals surface area contributed by atoms with Crippen LogP contribution in [-0.4, -0.2) is 13.4 Å².